The summed E-state index contributed by atoms with van der Waals surface area (Å²) in [7, 11) is 0. The van der Waals surface area contributed by atoms with Crippen LogP contribution in [0.1, 0.15) is 16.8 Å². The molecule has 0 atom stereocenters. The molecular weight excluding hydrogens is 418 g/mol. The monoisotopic (exact) mass is 433 g/mol. The van der Waals surface area contributed by atoms with Crippen LogP contribution < -0.4 is 5.32 Å². The molecule has 134 valence electrons. The van der Waals surface area contributed by atoms with Gasteiger partial charge in [-0.1, -0.05) is 12.1 Å². The molecule has 0 amide bonds. The number of nitrogens with zero attached hydrogens (tertiary/aromatic N) is 2. The normalized spacial score (nSPS) is 10.7. The van der Waals surface area contributed by atoms with Crippen LogP contribution in [-0.2, 0) is 17.8 Å². The number of thiophene rings is 1. The van der Waals surface area contributed by atoms with Crippen LogP contribution in [0.2, 0.25) is 0 Å². The van der Waals surface area contributed by atoms with Gasteiger partial charge in [0.15, 0.2) is 5.82 Å². The number of aromatic nitrogens is 2. The maximum absolute atomic E-state index is 10.8. The van der Waals surface area contributed by atoms with Crippen LogP contribution in [0.4, 0.5) is 11.5 Å². The summed E-state index contributed by atoms with van der Waals surface area (Å²) in [5.41, 5.74) is 2.80. The first kappa shape index (κ1) is 18.5. The molecule has 0 aliphatic carbocycles. The van der Waals surface area contributed by atoms with Crippen LogP contribution in [0, 0.1) is 6.92 Å². The standard InChI is InChI=1S/C18H16BrN3O3S/c1-10-13(9-23)17(22-18(20-10)14-6-7-15(19)26-14)21-12-4-2-11(3-5-12)8-16(24)25/h2-7,23H,8-9H2,1H3,(H,24,25)(H,20,21,22). The quantitative estimate of drug-likeness (QED) is 0.540. The van der Waals surface area contributed by atoms with Gasteiger partial charge in [0, 0.05) is 16.9 Å². The van der Waals surface area contributed by atoms with Crippen LogP contribution >= 0.6 is 27.3 Å². The Kier molecular flexibility index (Phi) is 5.65. The number of halogens is 1. The van der Waals surface area contributed by atoms with Gasteiger partial charge in [-0.25, -0.2) is 9.97 Å². The van der Waals surface area contributed by atoms with Gasteiger partial charge in [0.1, 0.15) is 5.82 Å². The van der Waals surface area contributed by atoms with Crippen molar-refractivity contribution in [3.8, 4) is 10.7 Å². The summed E-state index contributed by atoms with van der Waals surface area (Å²) >= 11 is 4.97. The number of carboxylic acids is 1. The Hall–Kier alpha value is -2.29. The highest BCUT2D eigenvalue weighted by Gasteiger charge is 2.14. The van der Waals surface area contributed by atoms with Gasteiger partial charge in [0.05, 0.1) is 21.7 Å². The highest BCUT2D eigenvalue weighted by atomic mass is 79.9. The summed E-state index contributed by atoms with van der Waals surface area (Å²) in [4.78, 5) is 20.8. The second kappa shape index (κ2) is 7.94. The van der Waals surface area contributed by atoms with Gasteiger partial charge in [-0.2, -0.15) is 0 Å². The van der Waals surface area contributed by atoms with E-state index in [2.05, 4.69) is 31.2 Å². The van der Waals surface area contributed by atoms with E-state index in [1.807, 2.05) is 19.1 Å². The number of rotatable bonds is 6. The number of aliphatic carboxylic acids is 1. The lowest BCUT2D eigenvalue weighted by Crippen LogP contribution is -2.06. The number of benzene rings is 1. The summed E-state index contributed by atoms with van der Waals surface area (Å²) in [6, 6.07) is 11.0. The van der Waals surface area contributed by atoms with E-state index in [0.717, 1.165) is 14.4 Å². The largest absolute Gasteiger partial charge is 0.481 e. The molecule has 0 radical (unpaired) electrons. The molecule has 0 aliphatic rings. The second-order valence-electron chi connectivity index (χ2n) is 5.61. The number of anilines is 2. The Bertz CT molecular complexity index is 941. The first-order valence-electron chi connectivity index (χ1n) is 7.78. The molecule has 2 heterocycles. The molecule has 0 saturated carbocycles. The number of hydrogen-bond donors (Lipinski definition) is 3. The third-order valence-corrected chi connectivity index (χ3v) is 5.36. The van der Waals surface area contributed by atoms with E-state index in [9.17, 15) is 9.90 Å². The lowest BCUT2D eigenvalue weighted by Gasteiger charge is -2.13. The second-order valence-corrected chi connectivity index (χ2v) is 8.08. The maximum Gasteiger partial charge on any atom is 0.307 e. The zero-order chi connectivity index (χ0) is 18.7. The summed E-state index contributed by atoms with van der Waals surface area (Å²) in [6.45, 7) is 1.65. The Morgan fingerprint density at radius 3 is 2.50 bits per heavy atom. The summed E-state index contributed by atoms with van der Waals surface area (Å²) in [6.07, 6.45) is -0.0216. The Morgan fingerprint density at radius 1 is 1.19 bits per heavy atom. The molecule has 2 aromatic heterocycles. The van der Waals surface area contributed by atoms with Gasteiger partial charge >= 0.3 is 5.97 Å². The van der Waals surface area contributed by atoms with Crippen molar-refractivity contribution < 1.29 is 15.0 Å². The smallest absolute Gasteiger partial charge is 0.307 e. The topological polar surface area (TPSA) is 95.3 Å². The van der Waals surface area contributed by atoms with Crippen LogP contribution in [0.15, 0.2) is 40.2 Å². The summed E-state index contributed by atoms with van der Waals surface area (Å²) < 4.78 is 0.989. The first-order chi connectivity index (χ1) is 12.5. The van der Waals surface area contributed by atoms with Crippen LogP contribution in [0.25, 0.3) is 10.7 Å². The molecule has 0 fully saturated rings. The number of aryl methyl sites for hydroxylation is 1. The summed E-state index contributed by atoms with van der Waals surface area (Å²) in [5.74, 6) is 0.248. The molecule has 8 heteroatoms. The highest BCUT2D eigenvalue weighted by molar-refractivity contribution is 9.11. The van der Waals surface area contributed by atoms with E-state index >= 15 is 0 Å². The average molecular weight is 434 g/mol. The molecule has 0 spiro atoms. The van der Waals surface area contributed by atoms with Crippen molar-refractivity contribution in [2.75, 3.05) is 5.32 Å². The van der Waals surface area contributed by atoms with Gasteiger partial charge in [0.25, 0.3) is 0 Å². The predicted octanol–water partition coefficient (Wildman–Crippen LogP) is 4.14. The minimum absolute atomic E-state index is 0.0216. The van der Waals surface area contributed by atoms with Gasteiger partial charge < -0.3 is 15.5 Å². The number of nitrogens with one attached hydrogen (secondary N) is 1. The molecule has 3 rings (SSSR count). The van der Waals surface area contributed by atoms with Crippen LogP contribution in [-0.4, -0.2) is 26.2 Å². The average Bonchev–Trinajstić information content (AvgIpc) is 3.02. The lowest BCUT2D eigenvalue weighted by atomic mass is 10.1. The molecule has 0 unspecified atom stereocenters. The van der Waals surface area contributed by atoms with Crippen molar-refractivity contribution >= 4 is 44.7 Å². The fourth-order valence-corrected chi connectivity index (χ4v) is 3.77. The van der Waals surface area contributed by atoms with E-state index in [1.54, 1.807) is 24.3 Å². The third kappa shape index (κ3) is 4.27. The van der Waals surface area contributed by atoms with Gasteiger partial charge in [0.2, 0.25) is 0 Å². The lowest BCUT2D eigenvalue weighted by molar-refractivity contribution is -0.136. The molecule has 6 nitrogen and oxygen atoms in total. The predicted molar refractivity (Wildman–Crippen MR) is 105 cm³/mol. The van der Waals surface area contributed by atoms with Crippen LogP contribution in [0.3, 0.4) is 0 Å². The zero-order valence-electron chi connectivity index (χ0n) is 13.9. The van der Waals surface area contributed by atoms with Crippen molar-refractivity contribution in [1.82, 2.24) is 9.97 Å². The van der Waals surface area contributed by atoms with Crippen molar-refractivity contribution in [2.45, 2.75) is 20.0 Å². The molecule has 1 aromatic carbocycles. The minimum atomic E-state index is -0.869. The Balaban J connectivity index is 1.92. The van der Waals surface area contributed by atoms with E-state index in [0.29, 0.717) is 28.5 Å². The van der Waals surface area contributed by atoms with E-state index in [4.69, 9.17) is 5.11 Å². The zero-order valence-corrected chi connectivity index (χ0v) is 16.3. The number of aliphatic hydroxyl groups is 1. The highest BCUT2D eigenvalue weighted by Crippen LogP contribution is 2.31. The number of carbonyl (C=O) groups is 1. The molecule has 26 heavy (non-hydrogen) atoms. The minimum Gasteiger partial charge on any atom is -0.481 e. The molecule has 3 N–H and O–H groups in total. The molecule has 3 aromatic rings. The Labute approximate surface area is 162 Å². The molecule has 0 aliphatic heterocycles. The molecular formula is C18H16BrN3O3S. The van der Waals surface area contributed by atoms with Gasteiger partial charge in [-0.3, -0.25) is 4.79 Å². The number of hydrogen-bond acceptors (Lipinski definition) is 6. The molecule has 0 bridgehead atoms. The van der Waals surface area contributed by atoms with Crippen LogP contribution in [0.5, 0.6) is 0 Å². The number of aliphatic hydroxyl groups excluding tert-OH is 1. The molecule has 0 saturated heterocycles. The first-order valence-corrected chi connectivity index (χ1v) is 9.39. The fourth-order valence-electron chi connectivity index (χ4n) is 2.45. The van der Waals surface area contributed by atoms with Crippen molar-refractivity contribution in [3.05, 3.63) is 57.0 Å². The summed E-state index contributed by atoms with van der Waals surface area (Å²) in [5, 5.41) is 21.7. The van der Waals surface area contributed by atoms with E-state index < -0.39 is 5.97 Å². The van der Waals surface area contributed by atoms with E-state index in [1.165, 1.54) is 11.3 Å². The van der Waals surface area contributed by atoms with Crippen molar-refractivity contribution in [3.63, 3.8) is 0 Å². The van der Waals surface area contributed by atoms with Crippen molar-refractivity contribution in [2.24, 2.45) is 0 Å². The van der Waals surface area contributed by atoms with Gasteiger partial charge in [-0.15, -0.1) is 11.3 Å². The Morgan fingerprint density at radius 2 is 1.92 bits per heavy atom. The third-order valence-electron chi connectivity index (χ3n) is 3.74. The maximum atomic E-state index is 10.8. The van der Waals surface area contributed by atoms with Crippen molar-refractivity contribution in [1.29, 1.82) is 0 Å². The fraction of sp³-hybridized carbons (Fsp3) is 0.167. The SMILES string of the molecule is Cc1nc(-c2ccc(Br)s2)nc(Nc2ccc(CC(=O)O)cc2)c1CO. The number of carboxylic acid groups (broad SMARTS) is 1. The van der Waals surface area contributed by atoms with Gasteiger partial charge in [-0.05, 0) is 52.7 Å². The van der Waals surface area contributed by atoms with E-state index in [-0.39, 0.29) is 13.0 Å².